The van der Waals surface area contributed by atoms with Crippen LogP contribution in [0.5, 0.6) is 5.88 Å². The molecule has 2 heterocycles. The van der Waals surface area contributed by atoms with Crippen LogP contribution in [0.2, 0.25) is 0 Å². The maximum absolute atomic E-state index is 12.5. The number of nitrogens with zero attached hydrogens (tertiary/aromatic N) is 2. The SMILES string of the molecule is O=C(C1CCCCC1)N1CCC(Oc2ccccn2)C1. The third-order valence-electron chi connectivity index (χ3n) is 4.34. The first-order valence-corrected chi connectivity index (χ1v) is 7.69. The molecular weight excluding hydrogens is 252 g/mol. The highest BCUT2D eigenvalue weighted by atomic mass is 16.5. The number of pyridine rings is 1. The van der Waals surface area contributed by atoms with Crippen LogP contribution in [-0.2, 0) is 4.79 Å². The fraction of sp³-hybridized carbons (Fsp3) is 0.625. The zero-order valence-electron chi connectivity index (χ0n) is 11.8. The molecule has 1 atom stereocenters. The van der Waals surface area contributed by atoms with Gasteiger partial charge in [0.2, 0.25) is 11.8 Å². The van der Waals surface area contributed by atoms with Gasteiger partial charge in [0.05, 0.1) is 6.54 Å². The predicted octanol–water partition coefficient (Wildman–Crippen LogP) is 2.64. The molecule has 4 nitrogen and oxygen atoms in total. The van der Waals surface area contributed by atoms with Crippen LogP contribution in [0.15, 0.2) is 24.4 Å². The van der Waals surface area contributed by atoms with Crippen molar-refractivity contribution in [3.05, 3.63) is 24.4 Å². The van der Waals surface area contributed by atoms with E-state index in [2.05, 4.69) is 4.98 Å². The van der Waals surface area contributed by atoms with Crippen LogP contribution in [0.4, 0.5) is 0 Å². The molecule has 4 heteroatoms. The number of ether oxygens (including phenoxy) is 1. The van der Waals surface area contributed by atoms with Crippen LogP contribution in [0.1, 0.15) is 38.5 Å². The summed E-state index contributed by atoms with van der Waals surface area (Å²) in [6.45, 7) is 1.54. The minimum absolute atomic E-state index is 0.0949. The highest BCUT2D eigenvalue weighted by Gasteiger charge is 2.32. The van der Waals surface area contributed by atoms with Crippen molar-refractivity contribution in [3.8, 4) is 5.88 Å². The maximum Gasteiger partial charge on any atom is 0.225 e. The average Bonchev–Trinajstić information content (AvgIpc) is 2.97. The molecule has 0 spiro atoms. The van der Waals surface area contributed by atoms with E-state index in [4.69, 9.17) is 4.74 Å². The highest BCUT2D eigenvalue weighted by molar-refractivity contribution is 5.79. The molecule has 1 unspecified atom stereocenters. The van der Waals surface area contributed by atoms with E-state index in [1.165, 1.54) is 19.3 Å². The van der Waals surface area contributed by atoms with Crippen molar-refractivity contribution in [1.29, 1.82) is 0 Å². The molecule has 0 N–H and O–H groups in total. The van der Waals surface area contributed by atoms with Crippen molar-refractivity contribution < 1.29 is 9.53 Å². The Kier molecular flexibility index (Phi) is 4.19. The minimum Gasteiger partial charge on any atom is -0.472 e. The fourth-order valence-corrected chi connectivity index (χ4v) is 3.22. The molecule has 1 aromatic heterocycles. The predicted molar refractivity (Wildman–Crippen MR) is 76.4 cm³/mol. The fourth-order valence-electron chi connectivity index (χ4n) is 3.22. The summed E-state index contributed by atoms with van der Waals surface area (Å²) >= 11 is 0. The van der Waals surface area contributed by atoms with Gasteiger partial charge >= 0.3 is 0 Å². The average molecular weight is 274 g/mol. The molecule has 1 aromatic rings. The van der Waals surface area contributed by atoms with Gasteiger partial charge in [-0.05, 0) is 18.9 Å². The molecule has 0 bridgehead atoms. The van der Waals surface area contributed by atoms with Gasteiger partial charge in [-0.3, -0.25) is 4.79 Å². The largest absolute Gasteiger partial charge is 0.472 e. The number of amides is 1. The second-order valence-corrected chi connectivity index (χ2v) is 5.82. The molecule has 1 saturated heterocycles. The highest BCUT2D eigenvalue weighted by Crippen LogP contribution is 2.27. The summed E-state index contributed by atoms with van der Waals surface area (Å²) in [5.74, 6) is 1.26. The first kappa shape index (κ1) is 13.4. The summed E-state index contributed by atoms with van der Waals surface area (Å²) in [5, 5.41) is 0. The molecule has 0 radical (unpaired) electrons. The lowest BCUT2D eigenvalue weighted by Crippen LogP contribution is -2.36. The second kappa shape index (κ2) is 6.25. The Hall–Kier alpha value is -1.58. The summed E-state index contributed by atoms with van der Waals surface area (Å²) in [4.78, 5) is 18.6. The normalized spacial score (nSPS) is 23.8. The Balaban J connectivity index is 1.52. The standard InChI is InChI=1S/C16H22N2O2/c19-16(13-6-2-1-3-7-13)18-11-9-14(12-18)20-15-8-4-5-10-17-15/h4-5,8,10,13-14H,1-3,6-7,9,11-12H2. The molecule has 3 rings (SSSR count). The first-order chi connectivity index (χ1) is 9.83. The molecular formula is C16H22N2O2. The first-order valence-electron chi connectivity index (χ1n) is 7.69. The van der Waals surface area contributed by atoms with Gasteiger partial charge in [-0.15, -0.1) is 0 Å². The van der Waals surface area contributed by atoms with E-state index in [0.29, 0.717) is 18.3 Å². The Morgan fingerprint density at radius 1 is 1.20 bits per heavy atom. The lowest BCUT2D eigenvalue weighted by atomic mass is 9.88. The Bertz CT molecular complexity index is 443. The monoisotopic (exact) mass is 274 g/mol. The van der Waals surface area contributed by atoms with Crippen molar-refractivity contribution in [2.75, 3.05) is 13.1 Å². The van der Waals surface area contributed by atoms with E-state index < -0.39 is 0 Å². The molecule has 2 fully saturated rings. The number of aromatic nitrogens is 1. The molecule has 2 aliphatic rings. The van der Waals surface area contributed by atoms with E-state index >= 15 is 0 Å². The molecule has 1 saturated carbocycles. The van der Waals surface area contributed by atoms with Crippen LogP contribution in [0.3, 0.4) is 0 Å². The summed E-state index contributed by atoms with van der Waals surface area (Å²) in [6.07, 6.45) is 8.58. The second-order valence-electron chi connectivity index (χ2n) is 5.82. The van der Waals surface area contributed by atoms with Gasteiger partial charge in [-0.25, -0.2) is 4.98 Å². The van der Waals surface area contributed by atoms with Crippen molar-refractivity contribution in [2.24, 2.45) is 5.92 Å². The van der Waals surface area contributed by atoms with Crippen molar-refractivity contribution in [1.82, 2.24) is 9.88 Å². The smallest absolute Gasteiger partial charge is 0.225 e. The number of rotatable bonds is 3. The van der Waals surface area contributed by atoms with E-state index in [-0.39, 0.29) is 12.0 Å². The molecule has 1 amide bonds. The molecule has 20 heavy (non-hydrogen) atoms. The van der Waals surface area contributed by atoms with Crippen LogP contribution < -0.4 is 4.74 Å². The van der Waals surface area contributed by atoms with Gasteiger partial charge in [0.15, 0.2) is 0 Å². The molecule has 1 aliphatic carbocycles. The molecule has 0 aromatic carbocycles. The van der Waals surface area contributed by atoms with E-state index in [1.54, 1.807) is 6.20 Å². The van der Waals surface area contributed by atoms with Gasteiger partial charge in [0, 0.05) is 31.1 Å². The summed E-state index contributed by atoms with van der Waals surface area (Å²) in [6, 6.07) is 5.66. The Morgan fingerprint density at radius 3 is 2.80 bits per heavy atom. The quantitative estimate of drug-likeness (QED) is 0.851. The molecule has 1 aliphatic heterocycles. The molecule has 108 valence electrons. The topological polar surface area (TPSA) is 42.4 Å². The zero-order valence-corrected chi connectivity index (χ0v) is 11.8. The number of carbonyl (C=O) groups excluding carboxylic acids is 1. The van der Waals surface area contributed by atoms with Crippen LogP contribution >= 0.6 is 0 Å². The van der Waals surface area contributed by atoms with Gasteiger partial charge in [-0.1, -0.05) is 25.3 Å². The van der Waals surface area contributed by atoms with Crippen molar-refractivity contribution in [3.63, 3.8) is 0 Å². The lowest BCUT2D eigenvalue weighted by molar-refractivity contribution is -0.135. The van der Waals surface area contributed by atoms with Gasteiger partial charge in [0.1, 0.15) is 6.10 Å². The third kappa shape index (κ3) is 3.11. The van der Waals surface area contributed by atoms with Crippen molar-refractivity contribution in [2.45, 2.75) is 44.6 Å². The summed E-state index contributed by atoms with van der Waals surface area (Å²) in [5.41, 5.74) is 0. The van der Waals surface area contributed by atoms with E-state index in [1.807, 2.05) is 23.1 Å². The number of hydrogen-bond donors (Lipinski definition) is 0. The summed E-state index contributed by atoms with van der Waals surface area (Å²) < 4.78 is 5.84. The third-order valence-corrected chi connectivity index (χ3v) is 4.34. The lowest BCUT2D eigenvalue weighted by Gasteiger charge is -2.26. The van der Waals surface area contributed by atoms with Gasteiger partial charge < -0.3 is 9.64 Å². The number of hydrogen-bond acceptors (Lipinski definition) is 3. The van der Waals surface area contributed by atoms with Gasteiger partial charge in [-0.2, -0.15) is 0 Å². The van der Waals surface area contributed by atoms with Crippen LogP contribution in [-0.4, -0.2) is 35.0 Å². The maximum atomic E-state index is 12.5. The Labute approximate surface area is 120 Å². The van der Waals surface area contributed by atoms with E-state index in [0.717, 1.165) is 25.8 Å². The van der Waals surface area contributed by atoms with E-state index in [9.17, 15) is 4.79 Å². The van der Waals surface area contributed by atoms with Crippen LogP contribution in [0, 0.1) is 5.92 Å². The van der Waals surface area contributed by atoms with Crippen LogP contribution in [0.25, 0.3) is 0 Å². The van der Waals surface area contributed by atoms with Crippen molar-refractivity contribution >= 4 is 5.91 Å². The minimum atomic E-state index is 0.0949. The number of likely N-dealkylation sites (tertiary alicyclic amines) is 1. The van der Waals surface area contributed by atoms with Gasteiger partial charge in [0.25, 0.3) is 0 Å². The zero-order chi connectivity index (χ0) is 13.8. The Morgan fingerprint density at radius 2 is 2.05 bits per heavy atom. The number of carbonyl (C=O) groups is 1. The summed E-state index contributed by atoms with van der Waals surface area (Å²) in [7, 11) is 0.